The smallest absolute Gasteiger partial charge is 0.220 e. The topological polar surface area (TPSA) is 29.1 Å². The Kier molecular flexibility index (Phi) is 6.86. The molecule has 0 saturated heterocycles. The van der Waals surface area contributed by atoms with Gasteiger partial charge in [0.25, 0.3) is 0 Å². The largest absolute Gasteiger partial charge is 0.352 e. The first-order valence-electron chi connectivity index (χ1n) is 8.55. The molecule has 0 heterocycles. The minimum absolute atomic E-state index is 0.145. The Morgan fingerprint density at radius 2 is 1.70 bits per heavy atom. The van der Waals surface area contributed by atoms with Gasteiger partial charge in [0.05, 0.1) is 0 Å². The molecule has 2 aromatic rings. The summed E-state index contributed by atoms with van der Waals surface area (Å²) in [5, 5.41) is 3.03. The van der Waals surface area contributed by atoms with Crippen molar-refractivity contribution in [3.05, 3.63) is 71.3 Å². The van der Waals surface area contributed by atoms with Gasteiger partial charge < -0.3 is 5.32 Å². The zero-order chi connectivity index (χ0) is 16.5. The van der Waals surface area contributed by atoms with E-state index in [1.54, 1.807) is 0 Å². The zero-order valence-corrected chi connectivity index (χ0v) is 14.2. The molecule has 0 spiro atoms. The van der Waals surface area contributed by atoms with Crippen LogP contribution >= 0.6 is 0 Å². The second kappa shape index (κ2) is 9.14. The van der Waals surface area contributed by atoms with Crippen LogP contribution in [0.25, 0.3) is 0 Å². The van der Waals surface area contributed by atoms with E-state index in [0.29, 0.717) is 18.9 Å². The van der Waals surface area contributed by atoms with Crippen molar-refractivity contribution in [1.82, 2.24) is 5.32 Å². The van der Waals surface area contributed by atoms with Crippen LogP contribution in [0.2, 0.25) is 0 Å². The van der Waals surface area contributed by atoms with Crippen molar-refractivity contribution >= 4 is 5.91 Å². The lowest BCUT2D eigenvalue weighted by Gasteiger charge is -2.12. The Bertz CT molecular complexity index is 606. The van der Waals surface area contributed by atoms with E-state index in [0.717, 1.165) is 19.3 Å². The molecule has 1 amide bonds. The number of carbonyl (C=O) groups is 1. The van der Waals surface area contributed by atoms with Gasteiger partial charge in [0.15, 0.2) is 0 Å². The number of aryl methyl sites for hydroxylation is 1. The third-order valence-electron chi connectivity index (χ3n) is 4.18. The predicted molar refractivity (Wildman–Crippen MR) is 96.2 cm³/mol. The first-order valence-corrected chi connectivity index (χ1v) is 8.55. The molecule has 1 atom stereocenters. The monoisotopic (exact) mass is 309 g/mol. The van der Waals surface area contributed by atoms with Gasteiger partial charge >= 0.3 is 0 Å². The summed E-state index contributed by atoms with van der Waals surface area (Å²) in [6.45, 7) is 4.98. The van der Waals surface area contributed by atoms with Crippen LogP contribution in [0.15, 0.2) is 54.6 Å². The van der Waals surface area contributed by atoms with E-state index in [1.807, 2.05) is 6.07 Å². The van der Waals surface area contributed by atoms with Crippen molar-refractivity contribution in [2.75, 3.05) is 0 Å². The fraction of sp³-hybridized carbons (Fsp3) is 0.381. The summed E-state index contributed by atoms with van der Waals surface area (Å²) in [7, 11) is 0. The van der Waals surface area contributed by atoms with E-state index in [9.17, 15) is 4.79 Å². The highest BCUT2D eigenvalue weighted by Crippen LogP contribution is 2.13. The second-order valence-electron chi connectivity index (χ2n) is 6.28. The summed E-state index contributed by atoms with van der Waals surface area (Å²) in [5.74, 6) is 0.665. The van der Waals surface area contributed by atoms with Crippen molar-refractivity contribution < 1.29 is 4.79 Å². The normalized spacial score (nSPS) is 11.9. The molecule has 0 aliphatic carbocycles. The van der Waals surface area contributed by atoms with E-state index in [-0.39, 0.29) is 5.91 Å². The summed E-state index contributed by atoms with van der Waals surface area (Å²) in [5.41, 5.74) is 3.83. The number of hydrogen-bond donors (Lipinski definition) is 1. The molecule has 0 bridgehead atoms. The molecule has 0 saturated carbocycles. The summed E-state index contributed by atoms with van der Waals surface area (Å²) in [6, 6.07) is 18.9. The van der Waals surface area contributed by atoms with Gasteiger partial charge in [-0.05, 0) is 41.9 Å². The van der Waals surface area contributed by atoms with E-state index in [2.05, 4.69) is 67.7 Å². The lowest BCUT2D eigenvalue weighted by atomic mass is 9.96. The van der Waals surface area contributed by atoms with Crippen molar-refractivity contribution in [3.63, 3.8) is 0 Å². The molecular formula is C21H27NO. The minimum Gasteiger partial charge on any atom is -0.352 e. The van der Waals surface area contributed by atoms with Crippen LogP contribution < -0.4 is 5.32 Å². The van der Waals surface area contributed by atoms with Crippen molar-refractivity contribution in [1.29, 1.82) is 0 Å². The molecule has 1 N–H and O–H groups in total. The predicted octanol–water partition coefficient (Wildman–Crippen LogP) is 4.52. The maximum absolute atomic E-state index is 12.0. The quantitative estimate of drug-likeness (QED) is 0.763. The molecule has 122 valence electrons. The van der Waals surface area contributed by atoms with Gasteiger partial charge in [0, 0.05) is 13.0 Å². The second-order valence-corrected chi connectivity index (χ2v) is 6.28. The van der Waals surface area contributed by atoms with Crippen LogP contribution in [0.4, 0.5) is 0 Å². The van der Waals surface area contributed by atoms with Gasteiger partial charge in [-0.3, -0.25) is 4.79 Å². The number of hydrogen-bond acceptors (Lipinski definition) is 1. The first-order chi connectivity index (χ1) is 11.2. The number of rotatable bonds is 8. The molecule has 2 heteroatoms. The van der Waals surface area contributed by atoms with Crippen LogP contribution in [0, 0.1) is 5.92 Å². The lowest BCUT2D eigenvalue weighted by Crippen LogP contribution is -2.23. The fourth-order valence-corrected chi connectivity index (χ4v) is 2.74. The molecule has 2 rings (SSSR count). The standard InChI is InChI=1S/C21H27NO/c1-3-18-10-7-11-20(15-18)16-22-21(23)13-12-17(2)14-19-8-5-4-6-9-19/h4-11,15,17H,3,12-14,16H2,1-2H3,(H,22,23). The van der Waals surface area contributed by atoms with E-state index >= 15 is 0 Å². The molecule has 2 aromatic carbocycles. The van der Waals surface area contributed by atoms with Crippen LogP contribution in [-0.2, 0) is 24.2 Å². The van der Waals surface area contributed by atoms with Gasteiger partial charge in [0.2, 0.25) is 5.91 Å². The molecule has 0 aromatic heterocycles. The molecule has 23 heavy (non-hydrogen) atoms. The highest BCUT2D eigenvalue weighted by atomic mass is 16.1. The molecule has 0 aliphatic rings. The average Bonchev–Trinajstić information content (AvgIpc) is 2.59. The average molecular weight is 309 g/mol. The highest BCUT2D eigenvalue weighted by molar-refractivity contribution is 5.75. The molecule has 2 nitrogen and oxygen atoms in total. The summed E-state index contributed by atoms with van der Waals surface area (Å²) >= 11 is 0. The van der Waals surface area contributed by atoms with Gasteiger partial charge in [-0.2, -0.15) is 0 Å². The number of amides is 1. The maximum atomic E-state index is 12.0. The van der Waals surface area contributed by atoms with Gasteiger partial charge in [0.1, 0.15) is 0 Å². The third-order valence-corrected chi connectivity index (χ3v) is 4.18. The summed E-state index contributed by atoms with van der Waals surface area (Å²) in [6.07, 6.45) is 3.59. The van der Waals surface area contributed by atoms with Crippen molar-refractivity contribution in [2.45, 2.75) is 46.1 Å². The SMILES string of the molecule is CCc1cccc(CNC(=O)CCC(C)Cc2ccccc2)c1. The number of nitrogens with one attached hydrogen (secondary N) is 1. The third kappa shape index (κ3) is 6.27. The minimum atomic E-state index is 0.145. The Hall–Kier alpha value is -2.09. The Balaban J connectivity index is 1.70. The molecule has 0 fully saturated rings. The molecule has 0 aliphatic heterocycles. The van der Waals surface area contributed by atoms with Crippen LogP contribution in [0.5, 0.6) is 0 Å². The van der Waals surface area contributed by atoms with E-state index in [1.165, 1.54) is 16.7 Å². The number of carbonyl (C=O) groups excluding carboxylic acids is 1. The van der Waals surface area contributed by atoms with Crippen LogP contribution in [0.3, 0.4) is 0 Å². The van der Waals surface area contributed by atoms with Crippen molar-refractivity contribution in [3.8, 4) is 0 Å². The van der Waals surface area contributed by atoms with Crippen LogP contribution in [-0.4, -0.2) is 5.91 Å². The van der Waals surface area contributed by atoms with Gasteiger partial charge in [-0.15, -0.1) is 0 Å². The molecule has 1 unspecified atom stereocenters. The summed E-state index contributed by atoms with van der Waals surface area (Å²) < 4.78 is 0. The Morgan fingerprint density at radius 1 is 1.00 bits per heavy atom. The number of benzene rings is 2. The van der Waals surface area contributed by atoms with E-state index < -0.39 is 0 Å². The molecular weight excluding hydrogens is 282 g/mol. The summed E-state index contributed by atoms with van der Waals surface area (Å²) in [4.78, 5) is 12.0. The van der Waals surface area contributed by atoms with E-state index in [4.69, 9.17) is 0 Å². The Morgan fingerprint density at radius 3 is 2.43 bits per heavy atom. The zero-order valence-electron chi connectivity index (χ0n) is 14.2. The van der Waals surface area contributed by atoms with Gasteiger partial charge in [-0.1, -0.05) is 68.4 Å². The first kappa shape index (κ1) is 17.3. The fourth-order valence-electron chi connectivity index (χ4n) is 2.74. The maximum Gasteiger partial charge on any atom is 0.220 e. The van der Waals surface area contributed by atoms with Gasteiger partial charge in [-0.25, -0.2) is 0 Å². The Labute approximate surface area is 139 Å². The van der Waals surface area contributed by atoms with Crippen molar-refractivity contribution in [2.24, 2.45) is 5.92 Å². The highest BCUT2D eigenvalue weighted by Gasteiger charge is 2.08. The lowest BCUT2D eigenvalue weighted by molar-refractivity contribution is -0.121. The van der Waals surface area contributed by atoms with Crippen LogP contribution in [0.1, 0.15) is 43.4 Å². The molecule has 0 radical (unpaired) electrons.